The molecule has 2 N–H and O–H groups in total. The molecule has 3 rings (SSSR count). The molecule has 3 aromatic rings. The number of nitrogens with two attached hydrogens (primary N) is 1. The Bertz CT molecular complexity index is 876. The Labute approximate surface area is 153 Å². The number of hydrogen-bond donors (Lipinski definition) is 1. The molecule has 9 heteroatoms. The van der Waals surface area contributed by atoms with Crippen molar-refractivity contribution >= 4 is 45.1 Å². The van der Waals surface area contributed by atoms with Gasteiger partial charge in [-0.2, -0.15) is 16.9 Å². The highest BCUT2D eigenvalue weighted by atomic mass is 32.2. The number of carbonyl (C=O) groups is 1. The quantitative estimate of drug-likeness (QED) is 0.499. The van der Waals surface area contributed by atoms with Crippen molar-refractivity contribution in [2.45, 2.75) is 26.1 Å². The Hall–Kier alpha value is -2.13. The molecule has 3 aromatic heterocycles. The molecule has 0 fully saturated rings. The summed E-state index contributed by atoms with van der Waals surface area (Å²) in [4.78, 5) is 22.3. The van der Waals surface area contributed by atoms with Crippen LogP contribution < -0.4 is 5.73 Å². The van der Waals surface area contributed by atoms with E-state index in [1.807, 2.05) is 23.9 Å². The zero-order valence-corrected chi connectivity index (χ0v) is 15.7. The summed E-state index contributed by atoms with van der Waals surface area (Å²) < 4.78 is 6.98. The van der Waals surface area contributed by atoms with Gasteiger partial charge in [0.25, 0.3) is 0 Å². The first kappa shape index (κ1) is 17.7. The number of carbonyl (C=O) groups excluding carboxylic acids is 1. The second-order valence-corrected chi connectivity index (χ2v) is 7.41. The summed E-state index contributed by atoms with van der Waals surface area (Å²) in [6.07, 6.45) is 3.70. The highest BCUT2D eigenvalue weighted by Crippen LogP contribution is 2.33. The minimum absolute atomic E-state index is 0.336. The predicted octanol–water partition coefficient (Wildman–Crippen LogP) is 2.89. The van der Waals surface area contributed by atoms with Gasteiger partial charge in [0.1, 0.15) is 21.3 Å². The van der Waals surface area contributed by atoms with E-state index < -0.39 is 0 Å². The van der Waals surface area contributed by atoms with E-state index in [0.29, 0.717) is 28.9 Å². The van der Waals surface area contributed by atoms with Crippen molar-refractivity contribution in [2.75, 3.05) is 18.1 Å². The van der Waals surface area contributed by atoms with Crippen molar-refractivity contribution in [3.63, 3.8) is 0 Å². The first-order valence-corrected chi connectivity index (χ1v) is 9.85. The number of esters is 1. The van der Waals surface area contributed by atoms with Gasteiger partial charge in [0.15, 0.2) is 0 Å². The smallest absolute Gasteiger partial charge is 0.348 e. The maximum absolute atomic E-state index is 12.0. The molecule has 0 unspecified atom stereocenters. The lowest BCUT2D eigenvalue weighted by atomic mass is 10.2. The number of fused-ring (bicyclic) bond motifs is 1. The molecule has 0 saturated carbocycles. The number of nitrogens with zero attached hydrogens (tertiary/aromatic N) is 4. The largest absolute Gasteiger partial charge is 0.462 e. The number of rotatable bonds is 7. The lowest BCUT2D eigenvalue weighted by Crippen LogP contribution is -2.04. The van der Waals surface area contributed by atoms with Crippen LogP contribution in [0.4, 0.5) is 5.82 Å². The van der Waals surface area contributed by atoms with Gasteiger partial charge >= 0.3 is 5.97 Å². The van der Waals surface area contributed by atoms with Gasteiger partial charge in [0.05, 0.1) is 17.7 Å². The third kappa shape index (κ3) is 3.93. The van der Waals surface area contributed by atoms with Crippen molar-refractivity contribution in [2.24, 2.45) is 0 Å². The minimum Gasteiger partial charge on any atom is -0.462 e. The second kappa shape index (κ2) is 7.83. The minimum atomic E-state index is -0.336. The monoisotopic (exact) mass is 377 g/mol. The van der Waals surface area contributed by atoms with Crippen LogP contribution in [-0.4, -0.2) is 38.1 Å². The SMILES string of the molecule is CCOC(=O)c1sc2nc(CSCCn3cccn3)nc(N)c2c1C. The van der Waals surface area contributed by atoms with Gasteiger partial charge in [0, 0.05) is 24.7 Å². The average Bonchev–Trinajstić information content (AvgIpc) is 3.20. The summed E-state index contributed by atoms with van der Waals surface area (Å²) in [7, 11) is 0. The van der Waals surface area contributed by atoms with Gasteiger partial charge in [-0.25, -0.2) is 14.8 Å². The van der Waals surface area contributed by atoms with Crippen molar-refractivity contribution in [1.82, 2.24) is 19.7 Å². The average molecular weight is 377 g/mol. The number of aryl methyl sites for hydroxylation is 2. The van der Waals surface area contributed by atoms with E-state index in [0.717, 1.165) is 28.1 Å². The Morgan fingerprint density at radius 3 is 3.00 bits per heavy atom. The van der Waals surface area contributed by atoms with Gasteiger partial charge in [-0.3, -0.25) is 4.68 Å². The molecule has 0 spiro atoms. The number of ether oxygens (including phenoxy) is 1. The van der Waals surface area contributed by atoms with Crippen molar-refractivity contribution in [1.29, 1.82) is 0 Å². The number of thiophene rings is 1. The normalized spacial score (nSPS) is 11.1. The fourth-order valence-corrected chi connectivity index (χ4v) is 4.30. The fourth-order valence-electron chi connectivity index (χ4n) is 2.43. The second-order valence-electron chi connectivity index (χ2n) is 5.30. The summed E-state index contributed by atoms with van der Waals surface area (Å²) in [5.41, 5.74) is 6.89. The van der Waals surface area contributed by atoms with E-state index >= 15 is 0 Å². The summed E-state index contributed by atoms with van der Waals surface area (Å²) in [6.45, 7) is 4.81. The van der Waals surface area contributed by atoms with Crippen LogP contribution in [0, 0.1) is 6.92 Å². The molecule has 0 bridgehead atoms. The molecule has 0 aliphatic rings. The molecule has 0 amide bonds. The van der Waals surface area contributed by atoms with Gasteiger partial charge in [-0.15, -0.1) is 11.3 Å². The van der Waals surface area contributed by atoms with Crippen molar-refractivity contribution in [3.8, 4) is 0 Å². The van der Waals surface area contributed by atoms with Crippen LogP contribution in [0.5, 0.6) is 0 Å². The first-order valence-electron chi connectivity index (χ1n) is 7.88. The van der Waals surface area contributed by atoms with Gasteiger partial charge in [-0.05, 0) is 25.5 Å². The van der Waals surface area contributed by atoms with E-state index in [1.54, 1.807) is 24.9 Å². The number of nitrogen functional groups attached to an aromatic ring is 1. The number of thioether (sulfide) groups is 1. The van der Waals surface area contributed by atoms with Crippen molar-refractivity contribution < 1.29 is 9.53 Å². The van der Waals surface area contributed by atoms with Crippen LogP contribution in [0.1, 0.15) is 28.0 Å². The van der Waals surface area contributed by atoms with E-state index in [9.17, 15) is 4.79 Å². The van der Waals surface area contributed by atoms with E-state index in [2.05, 4.69) is 15.1 Å². The first-order chi connectivity index (χ1) is 12.1. The fraction of sp³-hybridized carbons (Fsp3) is 0.375. The lowest BCUT2D eigenvalue weighted by molar-refractivity contribution is 0.0531. The van der Waals surface area contributed by atoms with E-state index in [1.165, 1.54) is 11.3 Å². The zero-order chi connectivity index (χ0) is 17.8. The molecule has 0 aliphatic heterocycles. The molecule has 3 heterocycles. The molecule has 132 valence electrons. The Balaban J connectivity index is 1.73. The molecule has 7 nitrogen and oxygen atoms in total. The van der Waals surface area contributed by atoms with Gasteiger partial charge in [-0.1, -0.05) is 0 Å². The number of anilines is 1. The summed E-state index contributed by atoms with van der Waals surface area (Å²) in [5, 5.41) is 4.92. The van der Waals surface area contributed by atoms with Crippen LogP contribution in [0.15, 0.2) is 18.5 Å². The summed E-state index contributed by atoms with van der Waals surface area (Å²) in [5.74, 6) is 2.31. The molecule has 0 atom stereocenters. The molecule has 0 aromatic carbocycles. The molecule has 25 heavy (non-hydrogen) atoms. The zero-order valence-electron chi connectivity index (χ0n) is 14.1. The highest BCUT2D eigenvalue weighted by molar-refractivity contribution is 7.98. The maximum atomic E-state index is 12.0. The molecular formula is C16H19N5O2S2. The number of hydrogen-bond acceptors (Lipinski definition) is 8. The summed E-state index contributed by atoms with van der Waals surface area (Å²) in [6, 6.07) is 1.91. The maximum Gasteiger partial charge on any atom is 0.348 e. The molecule has 0 aliphatic carbocycles. The van der Waals surface area contributed by atoms with Gasteiger partial charge in [0.2, 0.25) is 0 Å². The third-order valence-corrected chi connectivity index (χ3v) is 5.68. The standard InChI is InChI=1S/C16H19N5O2S2/c1-3-23-16(22)13-10(2)12-14(17)19-11(20-15(12)25-13)9-24-8-7-21-6-4-5-18-21/h4-6H,3,7-9H2,1-2H3,(H2,17,19,20). The Kier molecular flexibility index (Phi) is 5.54. The predicted molar refractivity (Wildman–Crippen MR) is 101 cm³/mol. The summed E-state index contributed by atoms with van der Waals surface area (Å²) >= 11 is 3.03. The van der Waals surface area contributed by atoms with Crippen LogP contribution in [0.3, 0.4) is 0 Å². The highest BCUT2D eigenvalue weighted by Gasteiger charge is 2.20. The topological polar surface area (TPSA) is 95.9 Å². The number of aromatic nitrogens is 4. The Morgan fingerprint density at radius 2 is 2.28 bits per heavy atom. The van der Waals surface area contributed by atoms with E-state index in [4.69, 9.17) is 10.5 Å². The van der Waals surface area contributed by atoms with Crippen molar-refractivity contribution in [3.05, 3.63) is 34.7 Å². The molecule has 0 saturated heterocycles. The van der Waals surface area contributed by atoms with Crippen LogP contribution >= 0.6 is 23.1 Å². The van der Waals surface area contributed by atoms with E-state index in [-0.39, 0.29) is 5.97 Å². The molecular weight excluding hydrogens is 358 g/mol. The third-order valence-electron chi connectivity index (χ3n) is 3.58. The lowest BCUT2D eigenvalue weighted by Gasteiger charge is -2.04. The van der Waals surface area contributed by atoms with Gasteiger partial charge < -0.3 is 10.5 Å². The van der Waals surface area contributed by atoms with Crippen LogP contribution in [0.25, 0.3) is 10.2 Å². The Morgan fingerprint density at radius 1 is 1.44 bits per heavy atom. The van der Waals surface area contributed by atoms with Crippen LogP contribution in [0.2, 0.25) is 0 Å². The van der Waals surface area contributed by atoms with Crippen LogP contribution in [-0.2, 0) is 17.0 Å². The molecule has 0 radical (unpaired) electrons.